The van der Waals surface area contributed by atoms with E-state index in [-0.39, 0.29) is 0 Å². The molecule has 0 N–H and O–H groups in total. The van der Waals surface area contributed by atoms with E-state index in [4.69, 9.17) is 16.6 Å². The van der Waals surface area contributed by atoms with Crippen LogP contribution in [0.3, 0.4) is 0 Å². The van der Waals surface area contributed by atoms with Crippen molar-refractivity contribution in [3.05, 3.63) is 59.6 Å². The SMILES string of the molecule is Clc1cccc2ccc(CN3CCN(c4cnccn4)CC3)nc12. The fourth-order valence-electron chi connectivity index (χ4n) is 3.06. The van der Waals surface area contributed by atoms with Crippen LogP contribution in [-0.2, 0) is 6.54 Å². The molecule has 1 aromatic carbocycles. The molecule has 0 radical (unpaired) electrons. The molecule has 1 aliphatic rings. The number of hydrogen-bond acceptors (Lipinski definition) is 5. The Morgan fingerprint density at radius 3 is 2.67 bits per heavy atom. The Bertz CT molecular complexity index is 831. The van der Waals surface area contributed by atoms with Crippen LogP contribution in [0.15, 0.2) is 48.9 Å². The summed E-state index contributed by atoms with van der Waals surface area (Å²) in [5.74, 6) is 0.952. The summed E-state index contributed by atoms with van der Waals surface area (Å²) < 4.78 is 0. The number of pyridine rings is 1. The maximum Gasteiger partial charge on any atom is 0.147 e. The lowest BCUT2D eigenvalue weighted by Crippen LogP contribution is -2.46. The van der Waals surface area contributed by atoms with E-state index < -0.39 is 0 Å². The summed E-state index contributed by atoms with van der Waals surface area (Å²) in [6.07, 6.45) is 5.27. The van der Waals surface area contributed by atoms with Gasteiger partial charge in [-0.1, -0.05) is 29.8 Å². The molecular weight excluding hydrogens is 322 g/mol. The third kappa shape index (κ3) is 3.18. The Labute approximate surface area is 145 Å². The number of fused-ring (bicyclic) bond motifs is 1. The zero-order chi connectivity index (χ0) is 16.4. The Morgan fingerprint density at radius 1 is 1.00 bits per heavy atom. The molecule has 3 aromatic rings. The van der Waals surface area contributed by atoms with E-state index in [2.05, 4.69) is 31.9 Å². The Morgan fingerprint density at radius 2 is 1.88 bits per heavy atom. The fourth-order valence-corrected chi connectivity index (χ4v) is 3.28. The minimum atomic E-state index is 0.710. The second-order valence-corrected chi connectivity index (χ2v) is 6.35. The predicted molar refractivity (Wildman–Crippen MR) is 96.3 cm³/mol. The van der Waals surface area contributed by atoms with Gasteiger partial charge < -0.3 is 4.90 Å². The van der Waals surface area contributed by atoms with Crippen LogP contribution in [0.25, 0.3) is 10.9 Å². The highest BCUT2D eigenvalue weighted by atomic mass is 35.5. The van der Waals surface area contributed by atoms with E-state index in [1.165, 1.54) is 0 Å². The molecule has 1 saturated heterocycles. The lowest BCUT2D eigenvalue weighted by atomic mass is 10.2. The molecule has 0 atom stereocenters. The maximum atomic E-state index is 6.26. The largest absolute Gasteiger partial charge is 0.353 e. The van der Waals surface area contributed by atoms with Gasteiger partial charge in [-0.3, -0.25) is 9.88 Å². The molecule has 0 spiro atoms. The van der Waals surface area contributed by atoms with Gasteiger partial charge in [-0.05, 0) is 12.1 Å². The van der Waals surface area contributed by atoms with Gasteiger partial charge in [0.2, 0.25) is 0 Å². The summed E-state index contributed by atoms with van der Waals surface area (Å²) in [5, 5.41) is 1.79. The van der Waals surface area contributed by atoms with Crippen molar-refractivity contribution in [1.29, 1.82) is 0 Å². The third-order valence-corrected chi connectivity index (χ3v) is 4.67. The second-order valence-electron chi connectivity index (χ2n) is 5.94. The van der Waals surface area contributed by atoms with Gasteiger partial charge in [-0.25, -0.2) is 9.97 Å². The first-order chi connectivity index (χ1) is 11.8. The molecule has 3 heterocycles. The summed E-state index contributed by atoms with van der Waals surface area (Å²) in [4.78, 5) is 17.9. The van der Waals surface area contributed by atoms with E-state index in [1.54, 1.807) is 12.4 Å². The van der Waals surface area contributed by atoms with Gasteiger partial charge >= 0.3 is 0 Å². The molecule has 6 heteroatoms. The number of hydrogen-bond donors (Lipinski definition) is 0. The monoisotopic (exact) mass is 339 g/mol. The first-order valence-electron chi connectivity index (χ1n) is 8.07. The van der Waals surface area contributed by atoms with Crippen molar-refractivity contribution in [1.82, 2.24) is 19.9 Å². The van der Waals surface area contributed by atoms with Crippen LogP contribution < -0.4 is 4.90 Å². The maximum absolute atomic E-state index is 6.26. The summed E-state index contributed by atoms with van der Waals surface area (Å²) >= 11 is 6.26. The second kappa shape index (κ2) is 6.71. The molecule has 0 amide bonds. The quantitative estimate of drug-likeness (QED) is 0.734. The van der Waals surface area contributed by atoms with Crippen LogP contribution in [0.4, 0.5) is 5.82 Å². The Balaban J connectivity index is 1.43. The van der Waals surface area contributed by atoms with E-state index in [1.807, 2.05) is 24.4 Å². The highest BCUT2D eigenvalue weighted by Crippen LogP contribution is 2.22. The van der Waals surface area contributed by atoms with Crippen LogP contribution in [0.2, 0.25) is 5.02 Å². The minimum absolute atomic E-state index is 0.710. The van der Waals surface area contributed by atoms with Crippen molar-refractivity contribution in [3.8, 4) is 0 Å². The summed E-state index contributed by atoms with van der Waals surface area (Å²) in [6.45, 7) is 4.72. The lowest BCUT2D eigenvalue weighted by molar-refractivity contribution is 0.247. The molecular formula is C18H18ClN5. The van der Waals surface area contributed by atoms with Crippen molar-refractivity contribution in [2.75, 3.05) is 31.1 Å². The smallest absolute Gasteiger partial charge is 0.147 e. The van der Waals surface area contributed by atoms with Gasteiger partial charge in [-0.2, -0.15) is 0 Å². The summed E-state index contributed by atoms with van der Waals surface area (Å²) in [5.41, 5.74) is 1.94. The third-order valence-electron chi connectivity index (χ3n) is 4.36. The fraction of sp³-hybridized carbons (Fsp3) is 0.278. The van der Waals surface area contributed by atoms with Crippen LogP contribution in [0.5, 0.6) is 0 Å². The van der Waals surface area contributed by atoms with Gasteiger partial charge in [0.05, 0.1) is 22.4 Å². The molecule has 4 rings (SSSR count). The van der Waals surface area contributed by atoms with E-state index in [9.17, 15) is 0 Å². The van der Waals surface area contributed by atoms with Crippen molar-refractivity contribution < 1.29 is 0 Å². The summed E-state index contributed by atoms with van der Waals surface area (Å²) in [7, 11) is 0. The van der Waals surface area contributed by atoms with Gasteiger partial charge in [0.15, 0.2) is 0 Å². The van der Waals surface area contributed by atoms with Gasteiger partial charge in [0, 0.05) is 50.5 Å². The number of aromatic nitrogens is 3. The number of para-hydroxylation sites is 1. The molecule has 0 saturated carbocycles. The standard InChI is InChI=1S/C18H18ClN5/c19-16-3-1-2-14-4-5-15(22-18(14)16)13-23-8-10-24(11-9-23)17-12-20-6-7-21-17/h1-7,12H,8-11,13H2. The van der Waals surface area contributed by atoms with Crippen LogP contribution >= 0.6 is 11.6 Å². The van der Waals surface area contributed by atoms with E-state index in [0.29, 0.717) is 5.02 Å². The van der Waals surface area contributed by atoms with Crippen LogP contribution in [0, 0.1) is 0 Å². The molecule has 1 fully saturated rings. The molecule has 0 bridgehead atoms. The molecule has 122 valence electrons. The number of halogens is 1. The van der Waals surface area contributed by atoms with Crippen LogP contribution in [-0.4, -0.2) is 46.0 Å². The van der Waals surface area contributed by atoms with Crippen molar-refractivity contribution in [3.63, 3.8) is 0 Å². The first kappa shape index (κ1) is 15.3. The number of anilines is 1. The van der Waals surface area contributed by atoms with Gasteiger partial charge in [0.25, 0.3) is 0 Å². The average Bonchev–Trinajstić information content (AvgIpc) is 2.64. The van der Waals surface area contributed by atoms with Crippen molar-refractivity contribution in [2.45, 2.75) is 6.54 Å². The van der Waals surface area contributed by atoms with Crippen LogP contribution in [0.1, 0.15) is 5.69 Å². The van der Waals surface area contributed by atoms with Crippen molar-refractivity contribution in [2.24, 2.45) is 0 Å². The minimum Gasteiger partial charge on any atom is -0.353 e. The normalized spacial score (nSPS) is 15.8. The average molecular weight is 340 g/mol. The number of piperazine rings is 1. The number of benzene rings is 1. The molecule has 24 heavy (non-hydrogen) atoms. The van der Waals surface area contributed by atoms with Gasteiger partial charge in [0.1, 0.15) is 5.82 Å². The molecule has 5 nitrogen and oxygen atoms in total. The van der Waals surface area contributed by atoms with E-state index in [0.717, 1.165) is 55.1 Å². The lowest BCUT2D eigenvalue weighted by Gasteiger charge is -2.35. The Hall–Kier alpha value is -2.24. The highest BCUT2D eigenvalue weighted by molar-refractivity contribution is 6.35. The zero-order valence-corrected chi connectivity index (χ0v) is 14.0. The van der Waals surface area contributed by atoms with Gasteiger partial charge in [-0.15, -0.1) is 0 Å². The summed E-state index contributed by atoms with van der Waals surface area (Å²) in [6, 6.07) is 10.1. The molecule has 1 aliphatic heterocycles. The molecule has 2 aromatic heterocycles. The van der Waals surface area contributed by atoms with E-state index >= 15 is 0 Å². The highest BCUT2D eigenvalue weighted by Gasteiger charge is 2.18. The molecule has 0 unspecified atom stereocenters. The molecule has 0 aliphatic carbocycles. The number of rotatable bonds is 3. The topological polar surface area (TPSA) is 45.2 Å². The zero-order valence-electron chi connectivity index (χ0n) is 13.3. The Kier molecular flexibility index (Phi) is 4.28. The first-order valence-corrected chi connectivity index (χ1v) is 8.45. The van der Waals surface area contributed by atoms with Crippen molar-refractivity contribution >= 4 is 28.3 Å². The number of nitrogens with zero attached hydrogens (tertiary/aromatic N) is 5. The predicted octanol–water partition coefficient (Wildman–Crippen LogP) is 3.00.